The minimum absolute atomic E-state index is 0.0142. The number of hydrogen-bond donors (Lipinski definition) is 1. The summed E-state index contributed by atoms with van der Waals surface area (Å²) in [5.74, 6) is 0.464. The van der Waals surface area contributed by atoms with Crippen molar-refractivity contribution in [3.63, 3.8) is 0 Å². The summed E-state index contributed by atoms with van der Waals surface area (Å²) >= 11 is 0. The molecule has 1 atom stereocenters. The van der Waals surface area contributed by atoms with Gasteiger partial charge in [-0.15, -0.1) is 0 Å². The number of carbonyl (C=O) groups excluding carboxylic acids is 2. The van der Waals surface area contributed by atoms with Gasteiger partial charge >= 0.3 is 0 Å². The molecular weight excluding hydrogens is 340 g/mol. The number of anilines is 1. The highest BCUT2D eigenvalue weighted by atomic mass is 16.5. The minimum Gasteiger partial charge on any atom is -0.497 e. The Morgan fingerprint density at radius 1 is 1.19 bits per heavy atom. The molecule has 3 rings (SSSR count). The second-order valence-electron chi connectivity index (χ2n) is 7.04. The maximum Gasteiger partial charge on any atom is 0.227 e. The molecule has 1 fully saturated rings. The molecule has 1 saturated heterocycles. The van der Waals surface area contributed by atoms with Crippen LogP contribution in [0, 0.1) is 19.8 Å². The fourth-order valence-corrected chi connectivity index (χ4v) is 3.63. The van der Waals surface area contributed by atoms with E-state index in [9.17, 15) is 9.59 Å². The first-order chi connectivity index (χ1) is 13.0. The molecule has 0 bridgehead atoms. The lowest BCUT2D eigenvalue weighted by Crippen LogP contribution is -2.34. The van der Waals surface area contributed by atoms with Crippen molar-refractivity contribution in [3.05, 3.63) is 59.2 Å². The van der Waals surface area contributed by atoms with E-state index in [-0.39, 0.29) is 24.2 Å². The molecule has 1 aliphatic rings. The quantitative estimate of drug-likeness (QED) is 0.855. The van der Waals surface area contributed by atoms with Crippen molar-refractivity contribution in [2.75, 3.05) is 25.1 Å². The van der Waals surface area contributed by atoms with Gasteiger partial charge in [0, 0.05) is 25.2 Å². The Labute approximate surface area is 160 Å². The molecule has 1 aliphatic heterocycles. The van der Waals surface area contributed by atoms with E-state index >= 15 is 0 Å². The number of methoxy groups -OCH3 is 1. The highest BCUT2D eigenvalue weighted by Crippen LogP contribution is 2.30. The Morgan fingerprint density at radius 2 is 1.89 bits per heavy atom. The van der Waals surface area contributed by atoms with E-state index in [0.717, 1.165) is 34.5 Å². The van der Waals surface area contributed by atoms with E-state index in [1.165, 1.54) is 0 Å². The van der Waals surface area contributed by atoms with Crippen LogP contribution >= 0.6 is 0 Å². The van der Waals surface area contributed by atoms with Gasteiger partial charge in [0.2, 0.25) is 11.8 Å². The van der Waals surface area contributed by atoms with Crippen LogP contribution in [0.3, 0.4) is 0 Å². The predicted octanol–water partition coefficient (Wildman–Crippen LogP) is 3.02. The summed E-state index contributed by atoms with van der Waals surface area (Å²) in [4.78, 5) is 26.8. The van der Waals surface area contributed by atoms with Gasteiger partial charge in [-0.3, -0.25) is 9.59 Å². The Kier molecular flexibility index (Phi) is 5.79. The van der Waals surface area contributed by atoms with Crippen LogP contribution in [0.5, 0.6) is 5.75 Å². The Hall–Kier alpha value is -2.82. The molecule has 5 nitrogen and oxygen atoms in total. The molecule has 1 heterocycles. The molecule has 0 aliphatic carbocycles. The monoisotopic (exact) mass is 366 g/mol. The Bertz CT molecular complexity index is 827. The SMILES string of the molecule is COc1cccc(CCNC(=O)C2CC(=O)N(c3c(C)cccc3C)C2)c1. The Balaban J connectivity index is 1.57. The fraction of sp³-hybridized carbons (Fsp3) is 0.364. The van der Waals surface area contributed by atoms with Gasteiger partial charge in [-0.05, 0) is 49.1 Å². The molecule has 2 aromatic rings. The van der Waals surface area contributed by atoms with Gasteiger partial charge in [0.1, 0.15) is 5.75 Å². The molecule has 0 aromatic heterocycles. The number of rotatable bonds is 6. The van der Waals surface area contributed by atoms with Crippen LogP contribution < -0.4 is 15.0 Å². The van der Waals surface area contributed by atoms with E-state index in [4.69, 9.17) is 4.74 Å². The van der Waals surface area contributed by atoms with Crippen LogP contribution in [0.15, 0.2) is 42.5 Å². The lowest BCUT2D eigenvalue weighted by atomic mass is 10.1. The number of hydrogen-bond acceptors (Lipinski definition) is 3. The number of amides is 2. The number of aryl methyl sites for hydroxylation is 2. The van der Waals surface area contributed by atoms with Crippen molar-refractivity contribution in [2.24, 2.45) is 5.92 Å². The maximum atomic E-state index is 12.5. The molecule has 27 heavy (non-hydrogen) atoms. The molecule has 0 saturated carbocycles. The lowest BCUT2D eigenvalue weighted by Gasteiger charge is -2.21. The van der Waals surface area contributed by atoms with E-state index in [1.54, 1.807) is 12.0 Å². The summed E-state index contributed by atoms with van der Waals surface area (Å²) in [5.41, 5.74) is 4.16. The molecule has 5 heteroatoms. The third-order valence-corrected chi connectivity index (χ3v) is 5.05. The van der Waals surface area contributed by atoms with Crippen molar-refractivity contribution >= 4 is 17.5 Å². The highest BCUT2D eigenvalue weighted by Gasteiger charge is 2.36. The Morgan fingerprint density at radius 3 is 2.59 bits per heavy atom. The zero-order valence-electron chi connectivity index (χ0n) is 16.1. The molecular formula is C22H26N2O3. The van der Waals surface area contributed by atoms with Crippen LogP contribution in [0.4, 0.5) is 5.69 Å². The largest absolute Gasteiger partial charge is 0.497 e. The van der Waals surface area contributed by atoms with Crippen LogP contribution in [0.1, 0.15) is 23.1 Å². The van der Waals surface area contributed by atoms with E-state index in [1.807, 2.05) is 56.3 Å². The van der Waals surface area contributed by atoms with Gasteiger partial charge in [0.15, 0.2) is 0 Å². The zero-order chi connectivity index (χ0) is 19.4. The highest BCUT2D eigenvalue weighted by molar-refractivity contribution is 6.01. The average Bonchev–Trinajstić information content (AvgIpc) is 3.03. The van der Waals surface area contributed by atoms with Gasteiger partial charge in [-0.1, -0.05) is 30.3 Å². The second kappa shape index (κ2) is 8.25. The normalized spacial score (nSPS) is 16.5. The van der Waals surface area contributed by atoms with Crippen molar-refractivity contribution in [2.45, 2.75) is 26.7 Å². The molecule has 1 unspecified atom stereocenters. The fourth-order valence-electron chi connectivity index (χ4n) is 3.63. The maximum absolute atomic E-state index is 12.5. The molecule has 0 radical (unpaired) electrons. The van der Waals surface area contributed by atoms with Crippen molar-refractivity contribution < 1.29 is 14.3 Å². The molecule has 0 spiro atoms. The van der Waals surface area contributed by atoms with Crippen LogP contribution in [0.25, 0.3) is 0 Å². The standard InChI is InChI=1S/C22H26N2O3/c1-15-6-4-7-16(2)21(15)24-14-18(13-20(24)25)22(26)23-11-10-17-8-5-9-19(12-17)27-3/h4-9,12,18H,10-11,13-14H2,1-3H3,(H,23,26). The third kappa shape index (κ3) is 4.30. The van der Waals surface area contributed by atoms with Crippen molar-refractivity contribution in [1.29, 1.82) is 0 Å². The summed E-state index contributed by atoms with van der Waals surface area (Å²) in [7, 11) is 1.64. The van der Waals surface area contributed by atoms with Gasteiger partial charge < -0.3 is 15.0 Å². The molecule has 2 amide bonds. The summed E-state index contributed by atoms with van der Waals surface area (Å²) in [5, 5.41) is 2.97. The summed E-state index contributed by atoms with van der Waals surface area (Å²) < 4.78 is 5.22. The second-order valence-corrected chi connectivity index (χ2v) is 7.04. The summed E-state index contributed by atoms with van der Waals surface area (Å²) in [6, 6.07) is 13.8. The van der Waals surface area contributed by atoms with Gasteiger partial charge in [-0.25, -0.2) is 0 Å². The van der Waals surface area contributed by atoms with Crippen molar-refractivity contribution in [1.82, 2.24) is 5.32 Å². The topological polar surface area (TPSA) is 58.6 Å². The lowest BCUT2D eigenvalue weighted by molar-refractivity contribution is -0.126. The van der Waals surface area contributed by atoms with Crippen LogP contribution in [-0.4, -0.2) is 32.0 Å². The number of nitrogens with one attached hydrogen (secondary N) is 1. The third-order valence-electron chi connectivity index (χ3n) is 5.05. The van der Waals surface area contributed by atoms with Gasteiger partial charge in [0.05, 0.1) is 13.0 Å². The average molecular weight is 366 g/mol. The molecule has 142 valence electrons. The van der Waals surface area contributed by atoms with Crippen molar-refractivity contribution in [3.8, 4) is 5.75 Å². The van der Waals surface area contributed by atoms with E-state index in [0.29, 0.717) is 13.1 Å². The van der Waals surface area contributed by atoms with Crippen LogP contribution in [-0.2, 0) is 16.0 Å². The smallest absolute Gasteiger partial charge is 0.227 e. The first kappa shape index (κ1) is 19.0. The number of carbonyl (C=O) groups is 2. The number of nitrogens with zero attached hydrogens (tertiary/aromatic N) is 1. The number of ether oxygens (including phenoxy) is 1. The van der Waals surface area contributed by atoms with Crippen LogP contribution in [0.2, 0.25) is 0 Å². The zero-order valence-corrected chi connectivity index (χ0v) is 16.1. The number of benzene rings is 2. The minimum atomic E-state index is -0.304. The molecule has 2 aromatic carbocycles. The predicted molar refractivity (Wildman–Crippen MR) is 106 cm³/mol. The summed E-state index contributed by atoms with van der Waals surface area (Å²) in [6.45, 7) is 4.98. The van der Waals surface area contributed by atoms with Gasteiger partial charge in [0.25, 0.3) is 0 Å². The van der Waals surface area contributed by atoms with Gasteiger partial charge in [-0.2, -0.15) is 0 Å². The molecule has 1 N–H and O–H groups in total. The van der Waals surface area contributed by atoms with E-state index in [2.05, 4.69) is 5.32 Å². The first-order valence-electron chi connectivity index (χ1n) is 9.27. The summed E-state index contributed by atoms with van der Waals surface area (Å²) in [6.07, 6.45) is 0.989. The first-order valence-corrected chi connectivity index (χ1v) is 9.27. The van der Waals surface area contributed by atoms with E-state index < -0.39 is 0 Å². The number of para-hydroxylation sites is 1.